The Morgan fingerprint density at radius 3 is 2.75 bits per heavy atom. The Kier molecular flexibility index (Phi) is 7.13. The van der Waals surface area contributed by atoms with Gasteiger partial charge in [0, 0.05) is 6.04 Å². The zero-order chi connectivity index (χ0) is 20.1. The van der Waals surface area contributed by atoms with Gasteiger partial charge in [0.05, 0.1) is 11.1 Å². The van der Waals surface area contributed by atoms with Crippen LogP contribution in [0.2, 0.25) is 0 Å². The minimum Gasteiger partial charge on any atom is -0.490 e. The molecule has 2 aliphatic rings. The number of nitrogens with one attached hydrogen (secondary N) is 1. The fourth-order valence-electron chi connectivity index (χ4n) is 3.60. The number of halogens is 1. The summed E-state index contributed by atoms with van der Waals surface area (Å²) in [5.41, 5.74) is 1.31. The number of amides is 1. The van der Waals surface area contributed by atoms with Crippen molar-refractivity contribution in [2.24, 2.45) is 0 Å². The molecule has 0 spiro atoms. The number of nitrogens with zero attached hydrogens (tertiary/aromatic N) is 1. The number of thiocarbonyl (C=S) groups is 1. The van der Waals surface area contributed by atoms with Crippen LogP contribution < -0.4 is 14.8 Å². The first-order valence-electron chi connectivity index (χ1n) is 9.61. The highest BCUT2D eigenvalue weighted by atomic mass is 79.9. The van der Waals surface area contributed by atoms with Gasteiger partial charge in [0.15, 0.2) is 16.6 Å². The van der Waals surface area contributed by atoms with Gasteiger partial charge in [-0.15, -0.1) is 0 Å². The van der Waals surface area contributed by atoms with Gasteiger partial charge in [0.2, 0.25) is 0 Å². The monoisotopic (exact) mass is 464 g/mol. The number of carbonyl (C=O) groups excluding carboxylic acids is 1. The Morgan fingerprint density at radius 2 is 2.07 bits per heavy atom. The molecule has 1 aliphatic heterocycles. The largest absolute Gasteiger partial charge is 0.490 e. The molecule has 28 heavy (non-hydrogen) atoms. The molecule has 1 saturated heterocycles. The highest BCUT2D eigenvalue weighted by Gasteiger charge is 2.36. The number of rotatable bonds is 7. The van der Waals surface area contributed by atoms with E-state index in [9.17, 15) is 4.79 Å². The summed E-state index contributed by atoms with van der Waals surface area (Å²) < 4.78 is 12.2. The highest BCUT2D eigenvalue weighted by Crippen LogP contribution is 2.38. The summed E-state index contributed by atoms with van der Waals surface area (Å²) in [5, 5.41) is 3.59. The standard InChI is InChI=1S/C21H25BrN2O3S/c1-3-10-27-19-16(22)11-14(13-18(19)26-4-2)12-17-20(25)24(21(28)23-17)15-8-6-5-7-9-15/h3,11-13,15H,1,4-10H2,2H3,(H,23,28)/b17-12-. The van der Waals surface area contributed by atoms with E-state index in [4.69, 9.17) is 21.7 Å². The Balaban J connectivity index is 1.87. The van der Waals surface area contributed by atoms with Crippen LogP contribution in [0, 0.1) is 0 Å². The fourth-order valence-corrected chi connectivity index (χ4v) is 4.52. The zero-order valence-corrected chi connectivity index (χ0v) is 18.4. The maximum atomic E-state index is 13.0. The summed E-state index contributed by atoms with van der Waals surface area (Å²) in [4.78, 5) is 14.7. The van der Waals surface area contributed by atoms with Gasteiger partial charge < -0.3 is 14.8 Å². The van der Waals surface area contributed by atoms with E-state index in [0.29, 0.717) is 35.5 Å². The van der Waals surface area contributed by atoms with Gasteiger partial charge in [0.25, 0.3) is 5.91 Å². The molecule has 1 heterocycles. The Bertz CT molecular complexity index is 803. The van der Waals surface area contributed by atoms with Crippen molar-refractivity contribution >= 4 is 45.2 Å². The van der Waals surface area contributed by atoms with Crippen molar-refractivity contribution in [1.82, 2.24) is 10.2 Å². The minimum absolute atomic E-state index is 0.0574. The lowest BCUT2D eigenvalue weighted by atomic mass is 9.94. The van der Waals surface area contributed by atoms with Gasteiger partial charge in [-0.05, 0) is 71.7 Å². The van der Waals surface area contributed by atoms with E-state index in [1.165, 1.54) is 6.42 Å². The first-order chi connectivity index (χ1) is 13.5. The smallest absolute Gasteiger partial charge is 0.276 e. The third-order valence-electron chi connectivity index (χ3n) is 4.84. The molecular weight excluding hydrogens is 440 g/mol. The number of carbonyl (C=O) groups is 1. The van der Waals surface area contributed by atoms with Crippen LogP contribution in [0.3, 0.4) is 0 Å². The molecule has 1 aromatic rings. The quantitative estimate of drug-likeness (QED) is 0.356. The highest BCUT2D eigenvalue weighted by molar-refractivity contribution is 9.10. The maximum Gasteiger partial charge on any atom is 0.276 e. The summed E-state index contributed by atoms with van der Waals surface area (Å²) in [7, 11) is 0. The second-order valence-corrected chi connectivity index (χ2v) is 8.06. The molecular formula is C21H25BrN2O3S. The summed E-state index contributed by atoms with van der Waals surface area (Å²) in [6, 6.07) is 3.96. The van der Waals surface area contributed by atoms with Crippen molar-refractivity contribution in [3.8, 4) is 11.5 Å². The van der Waals surface area contributed by atoms with Crippen LogP contribution in [0.15, 0.2) is 35.0 Å². The average Bonchev–Trinajstić information content (AvgIpc) is 2.95. The third-order valence-corrected chi connectivity index (χ3v) is 5.73. The number of benzene rings is 1. The van der Waals surface area contributed by atoms with Crippen molar-refractivity contribution in [1.29, 1.82) is 0 Å². The lowest BCUT2D eigenvalue weighted by Gasteiger charge is -2.29. The van der Waals surface area contributed by atoms with Gasteiger partial charge in [-0.1, -0.05) is 31.9 Å². The van der Waals surface area contributed by atoms with E-state index >= 15 is 0 Å². The van der Waals surface area contributed by atoms with E-state index in [-0.39, 0.29) is 11.9 Å². The zero-order valence-electron chi connectivity index (χ0n) is 16.0. The van der Waals surface area contributed by atoms with Crippen molar-refractivity contribution < 1.29 is 14.3 Å². The molecule has 2 fully saturated rings. The predicted octanol–water partition coefficient (Wildman–Crippen LogP) is 4.80. The summed E-state index contributed by atoms with van der Waals surface area (Å²) >= 11 is 8.98. The Labute approximate surface area is 179 Å². The lowest BCUT2D eigenvalue weighted by molar-refractivity contribution is -0.124. The molecule has 1 amide bonds. The van der Waals surface area contributed by atoms with Crippen LogP contribution in [0.5, 0.6) is 11.5 Å². The SMILES string of the molecule is C=CCOc1c(Br)cc(/C=C2\NC(=S)N(C3CCCCC3)C2=O)cc1OCC. The molecule has 5 nitrogen and oxygen atoms in total. The molecule has 1 aliphatic carbocycles. The molecule has 0 unspecified atom stereocenters. The fraction of sp³-hybridized carbons (Fsp3) is 0.429. The molecule has 3 rings (SSSR count). The molecule has 0 bridgehead atoms. The number of ether oxygens (including phenoxy) is 2. The first-order valence-corrected chi connectivity index (χ1v) is 10.8. The van der Waals surface area contributed by atoms with Crippen LogP contribution in [0.4, 0.5) is 0 Å². The normalized spacial score (nSPS) is 19.1. The summed E-state index contributed by atoms with van der Waals surface area (Å²) in [5.74, 6) is 1.18. The predicted molar refractivity (Wildman–Crippen MR) is 118 cm³/mol. The Morgan fingerprint density at radius 1 is 1.32 bits per heavy atom. The summed E-state index contributed by atoms with van der Waals surface area (Å²) in [6.07, 6.45) is 9.03. The van der Waals surface area contributed by atoms with Crippen LogP contribution in [-0.4, -0.2) is 35.2 Å². The van der Waals surface area contributed by atoms with Crippen molar-refractivity contribution in [3.63, 3.8) is 0 Å². The van der Waals surface area contributed by atoms with Crippen LogP contribution >= 0.6 is 28.1 Å². The second kappa shape index (κ2) is 9.56. The second-order valence-electron chi connectivity index (χ2n) is 6.82. The van der Waals surface area contributed by atoms with Crippen LogP contribution in [0.25, 0.3) is 6.08 Å². The molecule has 150 valence electrons. The minimum atomic E-state index is -0.0574. The van der Waals surface area contributed by atoms with Crippen molar-refractivity contribution in [3.05, 3.63) is 40.5 Å². The summed E-state index contributed by atoms with van der Waals surface area (Å²) in [6.45, 7) is 6.48. The number of hydrogen-bond acceptors (Lipinski definition) is 4. The molecule has 1 aromatic carbocycles. The maximum absolute atomic E-state index is 13.0. The lowest BCUT2D eigenvalue weighted by Crippen LogP contribution is -2.41. The molecule has 1 N–H and O–H groups in total. The van der Waals surface area contributed by atoms with Crippen LogP contribution in [-0.2, 0) is 4.79 Å². The first kappa shape index (κ1) is 20.9. The van der Waals surface area contributed by atoms with Crippen molar-refractivity contribution in [2.45, 2.75) is 45.1 Å². The molecule has 0 atom stereocenters. The van der Waals surface area contributed by atoms with Gasteiger partial charge in [0.1, 0.15) is 12.3 Å². The van der Waals surface area contributed by atoms with Gasteiger partial charge in [-0.25, -0.2) is 0 Å². The third kappa shape index (κ3) is 4.58. The van der Waals surface area contributed by atoms with E-state index in [1.54, 1.807) is 11.0 Å². The Hall–Kier alpha value is -1.86. The molecule has 1 saturated carbocycles. The van der Waals surface area contributed by atoms with Gasteiger partial charge >= 0.3 is 0 Å². The van der Waals surface area contributed by atoms with E-state index in [1.807, 2.05) is 25.1 Å². The molecule has 0 aromatic heterocycles. The topological polar surface area (TPSA) is 50.8 Å². The van der Waals surface area contributed by atoms with E-state index in [0.717, 1.165) is 35.7 Å². The van der Waals surface area contributed by atoms with Gasteiger partial charge in [-0.2, -0.15) is 0 Å². The van der Waals surface area contributed by atoms with Gasteiger partial charge in [-0.3, -0.25) is 9.69 Å². The molecule has 7 heteroatoms. The molecule has 0 radical (unpaired) electrons. The number of hydrogen-bond donors (Lipinski definition) is 1. The average molecular weight is 465 g/mol. The van der Waals surface area contributed by atoms with Crippen molar-refractivity contribution in [2.75, 3.05) is 13.2 Å². The van der Waals surface area contributed by atoms with Crippen LogP contribution in [0.1, 0.15) is 44.6 Å². The van der Waals surface area contributed by atoms with E-state index < -0.39 is 0 Å². The van der Waals surface area contributed by atoms with E-state index in [2.05, 4.69) is 27.8 Å².